The van der Waals surface area contributed by atoms with E-state index in [1.54, 1.807) is 13.2 Å². The first kappa shape index (κ1) is 12.0. The Kier molecular flexibility index (Phi) is 3.70. The largest absolute Gasteiger partial charge is 0.389 e. The molecular formula is C8H13F3N4. The fourth-order valence-corrected chi connectivity index (χ4v) is 1.27. The van der Waals surface area contributed by atoms with Gasteiger partial charge in [-0.25, -0.2) is 0 Å². The highest BCUT2D eigenvalue weighted by Gasteiger charge is 2.28. The molecule has 0 saturated heterocycles. The van der Waals surface area contributed by atoms with Gasteiger partial charge in [0.05, 0.1) is 6.20 Å². The van der Waals surface area contributed by atoms with Crippen LogP contribution in [0.5, 0.6) is 0 Å². The Balaban J connectivity index is 2.57. The van der Waals surface area contributed by atoms with Crippen molar-refractivity contribution in [3.05, 3.63) is 18.0 Å². The summed E-state index contributed by atoms with van der Waals surface area (Å²) in [7, 11) is 1.70. The van der Waals surface area contributed by atoms with E-state index in [0.29, 0.717) is 5.56 Å². The number of aryl methyl sites for hydroxylation is 1. The highest BCUT2D eigenvalue weighted by molar-refractivity contribution is 5.09. The summed E-state index contributed by atoms with van der Waals surface area (Å²) in [6.07, 6.45) is -1.97. The third-order valence-electron chi connectivity index (χ3n) is 2.04. The van der Waals surface area contributed by atoms with Crippen LogP contribution in [0.4, 0.5) is 13.2 Å². The third kappa shape index (κ3) is 3.88. The van der Waals surface area contributed by atoms with Gasteiger partial charge in [0.15, 0.2) is 0 Å². The number of nitrogens with zero attached hydrogens (tertiary/aromatic N) is 2. The third-order valence-corrected chi connectivity index (χ3v) is 2.04. The van der Waals surface area contributed by atoms with Crippen molar-refractivity contribution < 1.29 is 13.2 Å². The molecule has 1 rings (SSSR count). The molecule has 4 nitrogen and oxygen atoms in total. The molecule has 0 aliphatic carbocycles. The Morgan fingerprint density at radius 1 is 1.60 bits per heavy atom. The lowest BCUT2D eigenvalue weighted by Crippen LogP contribution is -2.29. The molecule has 0 fully saturated rings. The second-order valence-electron chi connectivity index (χ2n) is 3.32. The van der Waals surface area contributed by atoms with Crippen molar-refractivity contribution >= 4 is 0 Å². The second kappa shape index (κ2) is 4.63. The second-order valence-corrected chi connectivity index (χ2v) is 3.32. The molecule has 0 aliphatic rings. The highest BCUT2D eigenvalue weighted by Crippen LogP contribution is 2.26. The van der Waals surface area contributed by atoms with E-state index in [1.807, 2.05) is 0 Å². The first-order valence-electron chi connectivity index (χ1n) is 4.44. The fraction of sp³-hybridized carbons (Fsp3) is 0.625. The number of nitrogens with two attached hydrogens (primary N) is 1. The van der Waals surface area contributed by atoms with Crippen molar-refractivity contribution in [1.29, 1.82) is 0 Å². The number of nitrogens with one attached hydrogen (secondary N) is 1. The fourth-order valence-electron chi connectivity index (χ4n) is 1.27. The van der Waals surface area contributed by atoms with Crippen molar-refractivity contribution in [2.75, 3.05) is 0 Å². The van der Waals surface area contributed by atoms with Crippen molar-refractivity contribution in [2.45, 2.75) is 25.1 Å². The molecule has 15 heavy (non-hydrogen) atoms. The Bertz CT molecular complexity index is 307. The molecule has 0 radical (unpaired) electrons. The van der Waals surface area contributed by atoms with Gasteiger partial charge in [0.1, 0.15) is 0 Å². The average Bonchev–Trinajstić information content (AvgIpc) is 2.51. The van der Waals surface area contributed by atoms with Gasteiger partial charge in [-0.3, -0.25) is 16.0 Å². The van der Waals surface area contributed by atoms with Crippen molar-refractivity contribution in [1.82, 2.24) is 15.2 Å². The van der Waals surface area contributed by atoms with Crippen LogP contribution in [0.25, 0.3) is 0 Å². The maximum Gasteiger partial charge on any atom is 0.389 e. The average molecular weight is 222 g/mol. The molecule has 1 unspecified atom stereocenters. The van der Waals surface area contributed by atoms with E-state index >= 15 is 0 Å². The van der Waals surface area contributed by atoms with Crippen LogP contribution in [0.3, 0.4) is 0 Å². The maximum atomic E-state index is 12.0. The zero-order valence-corrected chi connectivity index (χ0v) is 8.25. The highest BCUT2D eigenvalue weighted by atomic mass is 19.4. The van der Waals surface area contributed by atoms with Crippen LogP contribution in [0.15, 0.2) is 12.4 Å². The molecule has 1 atom stereocenters. The summed E-state index contributed by atoms with van der Waals surface area (Å²) in [5.74, 6) is 5.19. The number of hydrogen-bond acceptors (Lipinski definition) is 3. The van der Waals surface area contributed by atoms with Gasteiger partial charge in [0, 0.05) is 31.3 Å². The summed E-state index contributed by atoms with van der Waals surface area (Å²) in [6, 6.07) is -0.514. The molecule has 1 aromatic rings. The number of hydrazine groups is 1. The summed E-state index contributed by atoms with van der Waals surface area (Å²) in [4.78, 5) is 0. The van der Waals surface area contributed by atoms with E-state index in [4.69, 9.17) is 5.84 Å². The van der Waals surface area contributed by atoms with Crippen molar-refractivity contribution in [3.63, 3.8) is 0 Å². The molecule has 0 aromatic carbocycles. The monoisotopic (exact) mass is 222 g/mol. The van der Waals surface area contributed by atoms with Crippen LogP contribution in [-0.2, 0) is 7.05 Å². The summed E-state index contributed by atoms with van der Waals surface area (Å²) in [6.45, 7) is 0. The Hall–Kier alpha value is -1.08. The number of rotatable bonds is 4. The van der Waals surface area contributed by atoms with Crippen LogP contribution in [0.1, 0.15) is 24.4 Å². The van der Waals surface area contributed by atoms with Gasteiger partial charge >= 0.3 is 6.18 Å². The summed E-state index contributed by atoms with van der Waals surface area (Å²) >= 11 is 0. The van der Waals surface area contributed by atoms with Gasteiger partial charge in [-0.2, -0.15) is 18.3 Å². The molecule has 0 amide bonds. The van der Waals surface area contributed by atoms with Crippen LogP contribution >= 0.6 is 0 Å². The molecule has 1 aromatic heterocycles. The molecule has 0 bridgehead atoms. The summed E-state index contributed by atoms with van der Waals surface area (Å²) in [5.41, 5.74) is 3.01. The maximum absolute atomic E-state index is 12.0. The Morgan fingerprint density at radius 3 is 2.67 bits per heavy atom. The lowest BCUT2D eigenvalue weighted by molar-refractivity contribution is -0.136. The molecule has 0 aliphatic heterocycles. The van der Waals surface area contributed by atoms with Crippen LogP contribution in [0.2, 0.25) is 0 Å². The molecular weight excluding hydrogens is 209 g/mol. The quantitative estimate of drug-likeness (QED) is 0.595. The van der Waals surface area contributed by atoms with Crippen LogP contribution in [0, 0.1) is 0 Å². The van der Waals surface area contributed by atoms with E-state index in [2.05, 4.69) is 10.5 Å². The minimum absolute atomic E-state index is 0.0916. The first-order valence-corrected chi connectivity index (χ1v) is 4.44. The molecule has 1 heterocycles. The van der Waals surface area contributed by atoms with Gasteiger partial charge in [-0.15, -0.1) is 0 Å². The molecule has 3 N–H and O–H groups in total. The van der Waals surface area contributed by atoms with Crippen molar-refractivity contribution in [3.8, 4) is 0 Å². The lowest BCUT2D eigenvalue weighted by atomic mass is 10.1. The van der Waals surface area contributed by atoms with Gasteiger partial charge in [0.25, 0.3) is 0 Å². The number of halogens is 3. The number of hydrogen-bond donors (Lipinski definition) is 2. The Labute approximate surface area is 85.2 Å². The van der Waals surface area contributed by atoms with Gasteiger partial charge in [0.2, 0.25) is 0 Å². The number of aromatic nitrogens is 2. The van der Waals surface area contributed by atoms with E-state index in [0.717, 1.165) is 0 Å². The normalized spacial score (nSPS) is 14.2. The van der Waals surface area contributed by atoms with E-state index in [-0.39, 0.29) is 6.42 Å². The van der Waals surface area contributed by atoms with Gasteiger partial charge in [-0.05, 0) is 6.42 Å². The SMILES string of the molecule is Cn1cc(C(CCC(F)(F)F)NN)cn1. The molecule has 86 valence electrons. The molecule has 0 saturated carbocycles. The van der Waals surface area contributed by atoms with Gasteiger partial charge in [-0.1, -0.05) is 0 Å². The van der Waals surface area contributed by atoms with E-state index < -0.39 is 18.6 Å². The predicted molar refractivity (Wildman–Crippen MR) is 48.6 cm³/mol. The summed E-state index contributed by atoms with van der Waals surface area (Å²) in [5, 5.41) is 3.87. The smallest absolute Gasteiger partial charge is 0.275 e. The van der Waals surface area contributed by atoms with E-state index in [1.165, 1.54) is 10.9 Å². The lowest BCUT2D eigenvalue weighted by Gasteiger charge is -2.14. The van der Waals surface area contributed by atoms with Gasteiger partial charge < -0.3 is 0 Å². The summed E-state index contributed by atoms with van der Waals surface area (Å²) < 4.78 is 37.5. The predicted octanol–water partition coefficient (Wildman–Crippen LogP) is 1.27. The topological polar surface area (TPSA) is 55.9 Å². The van der Waals surface area contributed by atoms with Crippen molar-refractivity contribution in [2.24, 2.45) is 12.9 Å². The zero-order valence-electron chi connectivity index (χ0n) is 8.25. The minimum Gasteiger partial charge on any atom is -0.275 e. The minimum atomic E-state index is -4.16. The Morgan fingerprint density at radius 2 is 2.27 bits per heavy atom. The molecule has 0 spiro atoms. The van der Waals surface area contributed by atoms with Crippen LogP contribution < -0.4 is 11.3 Å². The number of alkyl halides is 3. The zero-order chi connectivity index (χ0) is 11.5. The van der Waals surface area contributed by atoms with E-state index in [9.17, 15) is 13.2 Å². The standard InChI is InChI=1S/C8H13F3N4/c1-15-5-6(4-13-15)7(14-12)2-3-8(9,10)11/h4-5,7,14H,2-3,12H2,1H3. The first-order chi connectivity index (χ1) is 6.92. The molecule has 7 heteroatoms. The van der Waals surface area contributed by atoms with Crippen LogP contribution in [-0.4, -0.2) is 16.0 Å².